The van der Waals surface area contributed by atoms with Gasteiger partial charge in [-0.1, -0.05) is 0 Å². The highest BCUT2D eigenvalue weighted by molar-refractivity contribution is 6.10. The van der Waals surface area contributed by atoms with E-state index in [1.807, 2.05) is 0 Å². The molecule has 166 valence electrons. The predicted molar refractivity (Wildman–Crippen MR) is 109 cm³/mol. The van der Waals surface area contributed by atoms with Crippen molar-refractivity contribution in [2.24, 2.45) is 0 Å². The van der Waals surface area contributed by atoms with Crippen LogP contribution >= 0.6 is 0 Å². The number of hydrogen-bond acceptors (Lipinski definition) is 7. The Balaban J connectivity index is 3.72. The highest BCUT2D eigenvalue weighted by Gasteiger charge is 2.32. The molecule has 1 aromatic rings. The van der Waals surface area contributed by atoms with E-state index in [4.69, 9.17) is 14.2 Å². The Morgan fingerprint density at radius 3 is 1.03 bits per heavy atom. The third-order valence-corrected chi connectivity index (χ3v) is 3.24. The third kappa shape index (κ3) is 7.50. The summed E-state index contributed by atoms with van der Waals surface area (Å²) in [5.74, 6) is -4.22. The molecule has 0 aromatic heterocycles. The largest absolute Gasteiger partial charge is 0.478 e. The molecule has 0 saturated carbocycles. The molecule has 0 radical (unpaired) electrons. The van der Waals surface area contributed by atoms with Crippen molar-refractivity contribution in [2.45, 2.75) is 79.1 Å². The lowest BCUT2D eigenvalue weighted by molar-refractivity contribution is 0.00156. The summed E-state index contributed by atoms with van der Waals surface area (Å²) < 4.78 is 15.9. The molecule has 0 saturated heterocycles. The number of carboxylic acid groups (broad SMARTS) is 1. The molecule has 1 rings (SSSR count). The zero-order valence-corrected chi connectivity index (χ0v) is 19.0. The van der Waals surface area contributed by atoms with Crippen LogP contribution in [0.25, 0.3) is 0 Å². The highest BCUT2D eigenvalue weighted by atomic mass is 16.6. The first kappa shape index (κ1) is 25.1. The van der Waals surface area contributed by atoms with Crippen molar-refractivity contribution in [3.05, 3.63) is 34.4 Å². The fourth-order valence-corrected chi connectivity index (χ4v) is 2.28. The van der Waals surface area contributed by atoms with Gasteiger partial charge in [0.1, 0.15) is 16.8 Å². The fourth-order valence-electron chi connectivity index (χ4n) is 2.28. The molecule has 30 heavy (non-hydrogen) atoms. The summed E-state index contributed by atoms with van der Waals surface area (Å²) in [6.45, 7) is 14.7. The molecule has 8 heteroatoms. The molecule has 0 aliphatic rings. The van der Waals surface area contributed by atoms with Crippen LogP contribution in [0.2, 0.25) is 0 Å². The van der Waals surface area contributed by atoms with E-state index in [0.717, 1.165) is 12.1 Å². The van der Waals surface area contributed by atoms with Crippen molar-refractivity contribution in [3.8, 4) is 0 Å². The van der Waals surface area contributed by atoms with Gasteiger partial charge in [-0.2, -0.15) is 0 Å². The molecule has 0 aliphatic heterocycles. The van der Waals surface area contributed by atoms with Crippen molar-refractivity contribution in [1.82, 2.24) is 0 Å². The molecule has 0 spiro atoms. The quantitative estimate of drug-likeness (QED) is 0.565. The van der Waals surface area contributed by atoms with Crippen molar-refractivity contribution < 1.29 is 38.5 Å². The van der Waals surface area contributed by atoms with Gasteiger partial charge in [0.25, 0.3) is 0 Å². The number of benzene rings is 1. The fraction of sp³-hybridized carbons (Fsp3) is 0.545. The summed E-state index contributed by atoms with van der Waals surface area (Å²) in [5, 5.41) is 9.59. The Morgan fingerprint density at radius 1 is 0.567 bits per heavy atom. The van der Waals surface area contributed by atoms with Crippen molar-refractivity contribution in [2.75, 3.05) is 0 Å². The third-order valence-electron chi connectivity index (χ3n) is 3.24. The van der Waals surface area contributed by atoms with Crippen LogP contribution in [0, 0.1) is 0 Å². The number of carboxylic acids is 1. The maximum Gasteiger partial charge on any atom is 0.339 e. The van der Waals surface area contributed by atoms with Crippen molar-refractivity contribution in [3.63, 3.8) is 0 Å². The van der Waals surface area contributed by atoms with Gasteiger partial charge in [0, 0.05) is 0 Å². The summed E-state index contributed by atoms with van der Waals surface area (Å²) in [4.78, 5) is 49.8. The lowest BCUT2D eigenvalue weighted by Crippen LogP contribution is -2.29. The van der Waals surface area contributed by atoms with E-state index in [1.54, 1.807) is 62.3 Å². The Labute approximate surface area is 176 Å². The molecule has 0 heterocycles. The normalized spacial score (nSPS) is 12.2. The van der Waals surface area contributed by atoms with Gasteiger partial charge in [-0.15, -0.1) is 0 Å². The average Bonchev–Trinajstić information content (AvgIpc) is 2.48. The first-order chi connectivity index (χ1) is 13.3. The van der Waals surface area contributed by atoms with Gasteiger partial charge in [0.15, 0.2) is 0 Å². The Morgan fingerprint density at radius 2 is 0.800 bits per heavy atom. The molecule has 0 fully saturated rings. The molecule has 8 nitrogen and oxygen atoms in total. The van der Waals surface area contributed by atoms with Crippen LogP contribution in [0.3, 0.4) is 0 Å². The van der Waals surface area contributed by atoms with Crippen LogP contribution in [0.15, 0.2) is 12.1 Å². The van der Waals surface area contributed by atoms with Crippen LogP contribution in [0.4, 0.5) is 0 Å². The second kappa shape index (κ2) is 8.45. The summed E-state index contributed by atoms with van der Waals surface area (Å²) in [6, 6.07) is 1.94. The first-order valence-electron chi connectivity index (χ1n) is 9.42. The summed E-state index contributed by atoms with van der Waals surface area (Å²) in [5.41, 5.74) is -4.14. The monoisotopic (exact) mass is 422 g/mol. The number of rotatable bonds is 4. The minimum atomic E-state index is -1.46. The maximum absolute atomic E-state index is 12.8. The molecule has 0 aliphatic carbocycles. The molecule has 1 aromatic carbocycles. The van der Waals surface area contributed by atoms with Crippen molar-refractivity contribution in [1.29, 1.82) is 0 Å². The summed E-state index contributed by atoms with van der Waals surface area (Å²) >= 11 is 0. The van der Waals surface area contributed by atoms with E-state index in [-0.39, 0.29) is 16.7 Å². The second-order valence-electron chi connectivity index (χ2n) is 9.75. The average molecular weight is 422 g/mol. The van der Waals surface area contributed by atoms with E-state index in [9.17, 15) is 24.3 Å². The summed E-state index contributed by atoms with van der Waals surface area (Å²) in [7, 11) is 0. The Kier molecular flexibility index (Phi) is 7.08. The van der Waals surface area contributed by atoms with Crippen LogP contribution in [0.1, 0.15) is 104 Å². The van der Waals surface area contributed by atoms with Crippen LogP contribution in [0.5, 0.6) is 0 Å². The minimum absolute atomic E-state index is 0.287. The van der Waals surface area contributed by atoms with Gasteiger partial charge in [-0.05, 0) is 74.4 Å². The van der Waals surface area contributed by atoms with Gasteiger partial charge in [-0.25, -0.2) is 19.2 Å². The lowest BCUT2D eigenvalue weighted by Gasteiger charge is -2.24. The van der Waals surface area contributed by atoms with Crippen LogP contribution < -0.4 is 0 Å². The van der Waals surface area contributed by atoms with Gasteiger partial charge in [0.05, 0.1) is 22.3 Å². The topological polar surface area (TPSA) is 116 Å². The molecule has 0 bridgehead atoms. The number of carbonyl (C=O) groups is 4. The second-order valence-corrected chi connectivity index (χ2v) is 9.75. The standard InChI is InChI=1S/C22H30O8/c1-20(2,3)28-17(25)13-11-15(19(27)30-22(7,8)9)14(10-12(13)16(23)24)18(26)29-21(4,5)6/h10-11H,1-9H3,(H,23,24). The summed E-state index contributed by atoms with van der Waals surface area (Å²) in [6.07, 6.45) is 0. The van der Waals surface area contributed by atoms with Gasteiger partial charge in [-0.3, -0.25) is 0 Å². The van der Waals surface area contributed by atoms with E-state index in [0.29, 0.717) is 0 Å². The molecule has 0 amide bonds. The van der Waals surface area contributed by atoms with E-state index >= 15 is 0 Å². The molecule has 0 atom stereocenters. The van der Waals surface area contributed by atoms with Crippen LogP contribution in [-0.4, -0.2) is 45.8 Å². The molecule has 1 N–H and O–H groups in total. The zero-order valence-electron chi connectivity index (χ0n) is 19.0. The Hall–Kier alpha value is -2.90. The number of ether oxygens (including phenoxy) is 3. The first-order valence-corrected chi connectivity index (χ1v) is 9.42. The molecular weight excluding hydrogens is 392 g/mol. The number of esters is 3. The smallest absolute Gasteiger partial charge is 0.339 e. The number of carbonyl (C=O) groups excluding carboxylic acids is 3. The van der Waals surface area contributed by atoms with Gasteiger partial charge >= 0.3 is 23.9 Å². The predicted octanol–water partition coefficient (Wildman–Crippen LogP) is 4.25. The van der Waals surface area contributed by atoms with Crippen LogP contribution in [-0.2, 0) is 14.2 Å². The zero-order chi connectivity index (χ0) is 23.7. The van der Waals surface area contributed by atoms with Gasteiger partial charge in [0.2, 0.25) is 0 Å². The minimum Gasteiger partial charge on any atom is -0.478 e. The van der Waals surface area contributed by atoms with Crippen molar-refractivity contribution >= 4 is 23.9 Å². The van der Waals surface area contributed by atoms with E-state index in [1.165, 1.54) is 0 Å². The van der Waals surface area contributed by atoms with E-state index < -0.39 is 46.2 Å². The molecular formula is C22H30O8. The van der Waals surface area contributed by atoms with E-state index in [2.05, 4.69) is 0 Å². The lowest BCUT2D eigenvalue weighted by atomic mass is 9.97. The maximum atomic E-state index is 12.8. The molecule has 0 unspecified atom stereocenters. The number of hydrogen-bond donors (Lipinski definition) is 1. The van der Waals surface area contributed by atoms with Gasteiger partial charge < -0.3 is 19.3 Å². The Bertz CT molecular complexity index is 861. The SMILES string of the molecule is CC(C)(C)OC(=O)c1cc(C(=O)OC(C)(C)C)c(C(=O)OC(C)(C)C)cc1C(=O)O. The highest BCUT2D eigenvalue weighted by Crippen LogP contribution is 2.25. The number of aromatic carboxylic acids is 1.